The number of nitro groups is 1. The molecular weight excluding hydrogens is 420 g/mol. The first-order valence-electron chi connectivity index (χ1n) is 8.06. The minimum absolute atomic E-state index is 0.201. The maximum absolute atomic E-state index is 12.9. The number of hydrogen-bond acceptors (Lipinski definition) is 5. The number of ether oxygens (including phenoxy) is 1. The van der Waals surface area contributed by atoms with Crippen LogP contribution in [0.15, 0.2) is 53.0 Å². The second kappa shape index (κ2) is 4.80. The number of amides is 1. The van der Waals surface area contributed by atoms with Crippen molar-refractivity contribution in [3.05, 3.63) is 74.2 Å². The molecule has 3 aliphatic heterocycles. The normalized spacial score (nSPS) is 36.2. The zero-order valence-corrected chi connectivity index (χ0v) is 16.0. The molecule has 1 N–H and O–H groups in total. The molecule has 0 aromatic heterocycles. The Balaban J connectivity index is 1.83. The number of nitrogens with one attached hydrogen (secondary N) is 1. The fourth-order valence-electron chi connectivity index (χ4n) is 4.51. The van der Waals surface area contributed by atoms with Crippen molar-refractivity contribution in [3.8, 4) is 5.75 Å². The van der Waals surface area contributed by atoms with Crippen LogP contribution in [-0.4, -0.2) is 21.3 Å². The van der Waals surface area contributed by atoms with Crippen LogP contribution in [0.4, 0.5) is 0 Å². The van der Waals surface area contributed by atoms with E-state index in [2.05, 4.69) is 21.2 Å². The summed E-state index contributed by atoms with van der Waals surface area (Å²) in [5.41, 5.74) is -0.430. The second-order valence-electron chi connectivity index (χ2n) is 6.88. The average Bonchev–Trinajstić information content (AvgIpc) is 3.18. The van der Waals surface area contributed by atoms with Crippen molar-refractivity contribution in [2.75, 3.05) is 0 Å². The van der Waals surface area contributed by atoms with E-state index in [0.29, 0.717) is 16.9 Å². The van der Waals surface area contributed by atoms with Gasteiger partial charge in [0.2, 0.25) is 10.8 Å². The molecule has 2 fully saturated rings. The largest absolute Gasteiger partial charge is 0.424 e. The van der Waals surface area contributed by atoms with Gasteiger partial charge in [-0.05, 0) is 30.7 Å². The van der Waals surface area contributed by atoms with Gasteiger partial charge in [0.1, 0.15) is 16.4 Å². The lowest BCUT2D eigenvalue weighted by Gasteiger charge is -2.39. The van der Waals surface area contributed by atoms with Crippen LogP contribution in [0.2, 0.25) is 0 Å². The van der Waals surface area contributed by atoms with Crippen molar-refractivity contribution in [1.29, 1.82) is 0 Å². The number of hydrogen-bond donors (Lipinski definition) is 1. The van der Waals surface area contributed by atoms with E-state index in [1.54, 1.807) is 31.2 Å². The van der Waals surface area contributed by atoms with Gasteiger partial charge in [0.05, 0.1) is 4.92 Å². The molecule has 132 valence electrons. The van der Waals surface area contributed by atoms with Crippen LogP contribution in [0.3, 0.4) is 0 Å². The molecular formula is C18H13BrN2O4S. The van der Waals surface area contributed by atoms with Crippen molar-refractivity contribution in [2.24, 2.45) is 0 Å². The van der Waals surface area contributed by atoms with Gasteiger partial charge < -0.3 is 10.1 Å². The molecule has 26 heavy (non-hydrogen) atoms. The predicted molar refractivity (Wildman–Crippen MR) is 99.5 cm³/mol. The Morgan fingerprint density at radius 1 is 1.23 bits per heavy atom. The number of para-hydroxylation sites is 1. The fourth-order valence-corrected chi connectivity index (χ4v) is 6.74. The summed E-state index contributed by atoms with van der Waals surface area (Å²) in [5.74, 6) is -0.407. The lowest BCUT2D eigenvalue weighted by molar-refractivity contribution is -0.627. The van der Waals surface area contributed by atoms with E-state index in [0.717, 1.165) is 4.47 Å². The summed E-state index contributed by atoms with van der Waals surface area (Å²) < 4.78 is 5.93. The van der Waals surface area contributed by atoms with Gasteiger partial charge in [-0.1, -0.05) is 58.0 Å². The number of benzene rings is 2. The van der Waals surface area contributed by atoms with E-state index in [9.17, 15) is 14.9 Å². The monoisotopic (exact) mass is 432 g/mol. The van der Waals surface area contributed by atoms with Gasteiger partial charge in [-0.15, -0.1) is 0 Å². The number of fused-ring (bicyclic) bond motifs is 7. The summed E-state index contributed by atoms with van der Waals surface area (Å²) in [4.78, 5) is 23.7. The molecule has 0 spiro atoms. The van der Waals surface area contributed by atoms with E-state index in [4.69, 9.17) is 4.74 Å². The highest BCUT2D eigenvalue weighted by Gasteiger charge is 2.89. The van der Waals surface area contributed by atoms with Crippen molar-refractivity contribution in [1.82, 2.24) is 5.32 Å². The van der Waals surface area contributed by atoms with Crippen LogP contribution >= 0.6 is 27.7 Å². The smallest absolute Gasteiger partial charge is 0.408 e. The number of thioether (sulfide) groups is 1. The van der Waals surface area contributed by atoms with E-state index in [1.807, 2.05) is 24.3 Å². The standard InChI is InChI=1S/C18H13BrN2O4S/c1-16-14-12-4-2-3-5-13(12)25-18(14,21(23)24)17(26-16,20-15(16)22)10-6-8-11(19)9-7-10/h2-9,14H,1H3,(H,20,22)/t14-,16+,17-,18-/m1/s1. The molecule has 2 bridgehead atoms. The number of rotatable bonds is 2. The quantitative estimate of drug-likeness (QED) is 0.580. The Bertz CT molecular complexity index is 983. The predicted octanol–water partition coefficient (Wildman–Crippen LogP) is 3.39. The maximum atomic E-state index is 12.9. The topological polar surface area (TPSA) is 81.5 Å². The third-order valence-corrected chi connectivity index (χ3v) is 7.88. The van der Waals surface area contributed by atoms with Gasteiger partial charge in [0.25, 0.3) is 0 Å². The molecule has 0 unspecified atom stereocenters. The summed E-state index contributed by atoms with van der Waals surface area (Å²) >= 11 is 4.68. The van der Waals surface area contributed by atoms with Crippen LogP contribution in [0.5, 0.6) is 5.75 Å². The van der Waals surface area contributed by atoms with E-state index < -0.39 is 21.3 Å². The van der Waals surface area contributed by atoms with Crippen LogP contribution < -0.4 is 10.1 Å². The molecule has 8 heteroatoms. The molecule has 0 saturated carbocycles. The van der Waals surface area contributed by atoms with E-state index in [-0.39, 0.29) is 10.8 Å². The highest BCUT2D eigenvalue weighted by molar-refractivity contribution is 9.10. The van der Waals surface area contributed by atoms with E-state index >= 15 is 0 Å². The number of nitrogens with zero attached hydrogens (tertiary/aromatic N) is 1. The van der Waals surface area contributed by atoms with Crippen LogP contribution in [0.1, 0.15) is 24.0 Å². The van der Waals surface area contributed by atoms with Gasteiger partial charge in [0, 0.05) is 10.0 Å². The van der Waals surface area contributed by atoms with Crippen molar-refractivity contribution in [2.45, 2.75) is 28.2 Å². The Hall–Kier alpha value is -2.06. The molecule has 0 aliphatic carbocycles. The highest BCUT2D eigenvalue weighted by Crippen LogP contribution is 2.74. The third kappa shape index (κ3) is 1.58. The van der Waals surface area contributed by atoms with Crippen molar-refractivity contribution in [3.63, 3.8) is 0 Å². The van der Waals surface area contributed by atoms with Gasteiger partial charge in [-0.2, -0.15) is 0 Å². The lowest BCUT2D eigenvalue weighted by Crippen LogP contribution is -2.68. The first-order valence-corrected chi connectivity index (χ1v) is 9.67. The van der Waals surface area contributed by atoms with Crippen LogP contribution in [0.25, 0.3) is 0 Å². The minimum Gasteiger partial charge on any atom is -0.424 e. The Morgan fingerprint density at radius 3 is 2.62 bits per heavy atom. The van der Waals surface area contributed by atoms with Crippen molar-refractivity contribution < 1.29 is 14.5 Å². The molecule has 2 aromatic carbocycles. The molecule has 6 nitrogen and oxygen atoms in total. The first kappa shape index (κ1) is 16.1. The summed E-state index contributed by atoms with van der Waals surface area (Å²) in [5, 5.41) is 15.4. The zero-order chi connectivity index (χ0) is 18.3. The SMILES string of the molecule is C[C@@]12S[C@@](c3ccc(Br)cc3)(NC1=O)[C@]1([N+](=O)[O-])Oc3ccccc3[C@H]21. The highest BCUT2D eigenvalue weighted by atomic mass is 79.9. The Morgan fingerprint density at radius 2 is 1.92 bits per heavy atom. The van der Waals surface area contributed by atoms with Gasteiger partial charge >= 0.3 is 5.72 Å². The number of carbonyl (C=O) groups is 1. The third-order valence-electron chi connectivity index (χ3n) is 5.57. The summed E-state index contributed by atoms with van der Waals surface area (Å²) in [6.45, 7) is 1.77. The number of piperidine rings is 1. The van der Waals surface area contributed by atoms with Crippen LogP contribution in [0, 0.1) is 10.1 Å². The number of halogens is 1. The Kier molecular flexibility index (Phi) is 2.98. The van der Waals surface area contributed by atoms with Gasteiger partial charge in [0.15, 0.2) is 0 Å². The molecule has 5 rings (SSSR count). The average molecular weight is 433 g/mol. The minimum atomic E-state index is -1.79. The molecule has 0 radical (unpaired) electrons. The number of carbonyl (C=O) groups excluding carboxylic acids is 1. The molecule has 1 amide bonds. The summed E-state index contributed by atoms with van der Waals surface area (Å²) in [7, 11) is 0. The maximum Gasteiger partial charge on any atom is 0.408 e. The summed E-state index contributed by atoms with van der Waals surface area (Å²) in [6.07, 6.45) is 0. The van der Waals surface area contributed by atoms with E-state index in [1.165, 1.54) is 11.8 Å². The van der Waals surface area contributed by atoms with Gasteiger partial charge in [-0.3, -0.25) is 14.9 Å². The first-order chi connectivity index (χ1) is 12.3. The zero-order valence-electron chi connectivity index (χ0n) is 13.6. The molecule has 3 aliphatic rings. The fraction of sp³-hybridized carbons (Fsp3) is 0.278. The Labute approximate surface area is 161 Å². The van der Waals surface area contributed by atoms with Crippen LogP contribution in [-0.2, 0) is 9.67 Å². The lowest BCUT2D eigenvalue weighted by atomic mass is 9.72. The second-order valence-corrected chi connectivity index (χ2v) is 9.46. The molecule has 4 atom stereocenters. The molecule has 2 saturated heterocycles. The molecule has 3 heterocycles. The van der Waals surface area contributed by atoms with Crippen molar-refractivity contribution >= 4 is 33.6 Å². The molecule has 2 aromatic rings. The summed E-state index contributed by atoms with van der Waals surface area (Å²) in [6, 6.07) is 14.4. The van der Waals surface area contributed by atoms with Gasteiger partial charge in [-0.25, -0.2) is 0 Å².